The van der Waals surface area contributed by atoms with Crippen molar-refractivity contribution in [3.63, 3.8) is 0 Å². The highest BCUT2D eigenvalue weighted by Crippen LogP contribution is 2.13. The molecule has 0 fully saturated rings. The Morgan fingerprint density at radius 3 is 2.43 bits per heavy atom. The van der Waals surface area contributed by atoms with Crippen LogP contribution in [0.3, 0.4) is 0 Å². The van der Waals surface area contributed by atoms with E-state index in [1.165, 1.54) is 0 Å². The van der Waals surface area contributed by atoms with Crippen LogP contribution >= 0.6 is 11.8 Å². The molecule has 120 valence electrons. The van der Waals surface area contributed by atoms with Crippen LogP contribution in [-0.2, 0) is 0 Å². The van der Waals surface area contributed by atoms with Crippen molar-refractivity contribution in [3.05, 3.63) is 0 Å². The van der Waals surface area contributed by atoms with Gasteiger partial charge in [-0.1, -0.05) is 0 Å². The largest absolute Gasteiger partial charge is 0.396 e. The first-order valence-electron chi connectivity index (χ1n) is 7.36. The van der Waals surface area contributed by atoms with Gasteiger partial charge in [0.25, 0.3) is 0 Å². The number of hydrogen-bond acceptors (Lipinski definition) is 8. The first kappa shape index (κ1) is 17.8. The Morgan fingerprint density at radius 1 is 1.10 bits per heavy atom. The maximum atomic E-state index is 8.72. The van der Waals surface area contributed by atoms with Crippen LogP contribution in [0, 0.1) is 0 Å². The molecule has 0 atom stereocenters. The molecule has 0 saturated heterocycles. The Kier molecular flexibility index (Phi) is 8.84. The van der Waals surface area contributed by atoms with Gasteiger partial charge in [0, 0.05) is 39.0 Å². The smallest absolute Gasteiger partial charge is 0.231 e. The van der Waals surface area contributed by atoms with Crippen LogP contribution in [0.2, 0.25) is 0 Å². The standard InChI is InChI=1S/C13H26N6OS/c1-4-19(5-2)13-17-11(14-3)16-12(18-13)15-7-10-21-9-6-8-20/h20H,4-10H2,1-3H3,(H2,14,15,16,17,18). The van der Waals surface area contributed by atoms with Gasteiger partial charge in [0.05, 0.1) is 0 Å². The molecule has 0 bridgehead atoms. The minimum Gasteiger partial charge on any atom is -0.396 e. The molecule has 3 N–H and O–H groups in total. The number of aromatic nitrogens is 3. The highest BCUT2D eigenvalue weighted by atomic mass is 32.2. The number of nitrogens with one attached hydrogen (secondary N) is 2. The van der Waals surface area contributed by atoms with E-state index in [1.54, 1.807) is 18.8 Å². The third kappa shape index (κ3) is 6.34. The quantitative estimate of drug-likeness (QED) is 0.527. The number of hydrogen-bond donors (Lipinski definition) is 3. The van der Waals surface area contributed by atoms with Gasteiger partial charge in [-0.25, -0.2) is 0 Å². The van der Waals surface area contributed by atoms with Gasteiger partial charge < -0.3 is 20.6 Å². The van der Waals surface area contributed by atoms with E-state index in [0.29, 0.717) is 17.8 Å². The van der Waals surface area contributed by atoms with E-state index in [1.807, 2.05) is 0 Å². The zero-order valence-corrected chi connectivity index (χ0v) is 13.9. The molecule has 1 aromatic rings. The first-order chi connectivity index (χ1) is 10.2. The lowest BCUT2D eigenvalue weighted by molar-refractivity contribution is 0.296. The minimum atomic E-state index is 0.257. The first-order valence-corrected chi connectivity index (χ1v) is 8.51. The van der Waals surface area contributed by atoms with Crippen LogP contribution < -0.4 is 15.5 Å². The Balaban J connectivity index is 2.58. The topological polar surface area (TPSA) is 86.2 Å². The third-order valence-electron chi connectivity index (χ3n) is 2.87. The molecule has 1 heterocycles. The normalized spacial score (nSPS) is 10.5. The van der Waals surface area contributed by atoms with Crippen LogP contribution in [0.4, 0.5) is 17.8 Å². The summed E-state index contributed by atoms with van der Waals surface area (Å²) in [6.45, 7) is 6.93. The van der Waals surface area contributed by atoms with Crippen molar-refractivity contribution in [1.82, 2.24) is 15.0 Å². The van der Waals surface area contributed by atoms with E-state index in [-0.39, 0.29) is 6.61 Å². The van der Waals surface area contributed by atoms with Gasteiger partial charge >= 0.3 is 0 Å². The van der Waals surface area contributed by atoms with Gasteiger partial charge in [-0.15, -0.1) is 0 Å². The monoisotopic (exact) mass is 314 g/mol. The highest BCUT2D eigenvalue weighted by Gasteiger charge is 2.10. The molecule has 0 amide bonds. The number of thioether (sulfide) groups is 1. The number of nitrogens with zero attached hydrogens (tertiary/aromatic N) is 4. The average Bonchev–Trinajstić information content (AvgIpc) is 2.51. The van der Waals surface area contributed by atoms with Gasteiger partial charge in [0.15, 0.2) is 0 Å². The number of aliphatic hydroxyl groups is 1. The summed E-state index contributed by atoms with van der Waals surface area (Å²) in [5, 5.41) is 14.9. The predicted molar refractivity (Wildman–Crippen MR) is 90.5 cm³/mol. The highest BCUT2D eigenvalue weighted by molar-refractivity contribution is 7.99. The minimum absolute atomic E-state index is 0.257. The summed E-state index contributed by atoms with van der Waals surface area (Å²) >= 11 is 1.81. The lowest BCUT2D eigenvalue weighted by Gasteiger charge is -2.19. The van der Waals surface area contributed by atoms with Crippen molar-refractivity contribution in [3.8, 4) is 0 Å². The number of rotatable bonds is 11. The van der Waals surface area contributed by atoms with E-state index in [4.69, 9.17) is 5.11 Å². The molecule has 0 aliphatic heterocycles. The van der Waals surface area contributed by atoms with Crippen molar-refractivity contribution in [2.24, 2.45) is 0 Å². The Morgan fingerprint density at radius 2 is 1.81 bits per heavy atom. The summed E-state index contributed by atoms with van der Waals surface area (Å²) in [4.78, 5) is 15.2. The second kappa shape index (κ2) is 10.4. The third-order valence-corrected chi connectivity index (χ3v) is 3.94. The number of anilines is 3. The molecule has 0 spiro atoms. The number of aliphatic hydroxyl groups excluding tert-OH is 1. The van der Waals surface area contributed by atoms with Gasteiger partial charge in [0.1, 0.15) is 0 Å². The van der Waals surface area contributed by atoms with E-state index < -0.39 is 0 Å². The summed E-state index contributed by atoms with van der Waals surface area (Å²) in [5.74, 6) is 3.79. The summed E-state index contributed by atoms with van der Waals surface area (Å²) < 4.78 is 0. The molecule has 0 radical (unpaired) electrons. The molecular weight excluding hydrogens is 288 g/mol. The van der Waals surface area contributed by atoms with Crippen LogP contribution in [0.1, 0.15) is 20.3 Å². The maximum absolute atomic E-state index is 8.72. The van der Waals surface area contributed by atoms with Crippen molar-refractivity contribution < 1.29 is 5.11 Å². The fourth-order valence-corrected chi connectivity index (χ4v) is 2.49. The Hall–Kier alpha value is -1.28. The van der Waals surface area contributed by atoms with Crippen molar-refractivity contribution in [2.75, 3.05) is 60.3 Å². The molecule has 1 rings (SSSR count). The van der Waals surface area contributed by atoms with Crippen LogP contribution in [0.25, 0.3) is 0 Å². The van der Waals surface area contributed by atoms with Crippen LogP contribution in [-0.4, -0.2) is 64.9 Å². The molecule has 0 saturated carbocycles. The predicted octanol–water partition coefficient (Wildman–Crippen LogP) is 1.29. The molecule has 0 unspecified atom stereocenters. The van der Waals surface area contributed by atoms with Crippen molar-refractivity contribution in [1.29, 1.82) is 0 Å². The van der Waals surface area contributed by atoms with Crippen molar-refractivity contribution >= 4 is 29.6 Å². The van der Waals surface area contributed by atoms with Gasteiger partial charge in [-0.05, 0) is 26.0 Å². The molecule has 0 aliphatic rings. The van der Waals surface area contributed by atoms with Crippen LogP contribution in [0.15, 0.2) is 0 Å². The summed E-state index contributed by atoms with van der Waals surface area (Å²) in [5.41, 5.74) is 0. The van der Waals surface area contributed by atoms with E-state index in [9.17, 15) is 0 Å². The zero-order chi connectivity index (χ0) is 15.5. The van der Waals surface area contributed by atoms with Crippen LogP contribution in [0.5, 0.6) is 0 Å². The zero-order valence-electron chi connectivity index (χ0n) is 13.1. The molecule has 7 nitrogen and oxygen atoms in total. The van der Waals surface area contributed by atoms with E-state index >= 15 is 0 Å². The second-order valence-electron chi connectivity index (χ2n) is 4.32. The summed E-state index contributed by atoms with van der Waals surface area (Å²) in [6.07, 6.45) is 0.840. The Labute approximate surface area is 131 Å². The van der Waals surface area contributed by atoms with Gasteiger partial charge in [0.2, 0.25) is 17.8 Å². The molecule has 0 aliphatic carbocycles. The second-order valence-corrected chi connectivity index (χ2v) is 5.55. The SMILES string of the molecule is CCN(CC)c1nc(NC)nc(NCCSCCCO)n1. The fraction of sp³-hybridized carbons (Fsp3) is 0.769. The van der Waals surface area contributed by atoms with Gasteiger partial charge in [-0.3, -0.25) is 0 Å². The maximum Gasteiger partial charge on any atom is 0.231 e. The van der Waals surface area contributed by atoms with E-state index in [0.717, 1.165) is 37.6 Å². The molecule has 21 heavy (non-hydrogen) atoms. The van der Waals surface area contributed by atoms with E-state index in [2.05, 4.69) is 44.3 Å². The summed E-state index contributed by atoms with van der Waals surface area (Å²) in [7, 11) is 1.80. The average molecular weight is 314 g/mol. The fourth-order valence-electron chi connectivity index (χ4n) is 1.71. The van der Waals surface area contributed by atoms with Crippen molar-refractivity contribution in [2.45, 2.75) is 20.3 Å². The molecule has 1 aromatic heterocycles. The lowest BCUT2D eigenvalue weighted by Crippen LogP contribution is -2.25. The molecule has 0 aromatic carbocycles. The summed E-state index contributed by atoms with van der Waals surface area (Å²) in [6, 6.07) is 0. The van der Waals surface area contributed by atoms with Gasteiger partial charge in [-0.2, -0.15) is 26.7 Å². The lowest BCUT2D eigenvalue weighted by atomic mass is 10.5. The molecular formula is C13H26N6OS. The Bertz CT molecular complexity index is 402. The molecule has 8 heteroatoms.